The van der Waals surface area contributed by atoms with Gasteiger partial charge in [-0.25, -0.2) is 0 Å². The zero-order valence-electron chi connectivity index (χ0n) is 40.0. The number of carbonyl (C=O) groups excluding carboxylic acids is 2. The molecule has 0 aliphatic carbocycles. The number of carbonyl (C=O) groups is 2. The summed E-state index contributed by atoms with van der Waals surface area (Å²) in [6, 6.07) is -0.735. The Balaban J connectivity index is 4.67. The lowest BCUT2D eigenvalue weighted by molar-refractivity contribution is -0.150. The van der Waals surface area contributed by atoms with Gasteiger partial charge in [-0.3, -0.25) is 9.59 Å². The highest BCUT2D eigenvalue weighted by molar-refractivity contribution is 5.77. The molecule has 0 saturated carbocycles. The van der Waals surface area contributed by atoms with Crippen LogP contribution in [0.1, 0.15) is 239 Å². The molecule has 0 spiro atoms. The zero-order valence-corrected chi connectivity index (χ0v) is 40.0. The maximum Gasteiger partial charge on any atom is 0.306 e. The molecule has 3 N–H and O–H groups in total. The molecule has 0 rings (SSSR count). The second kappa shape index (κ2) is 48.3. The van der Waals surface area contributed by atoms with Crippen LogP contribution >= 0.6 is 0 Å². The summed E-state index contributed by atoms with van der Waals surface area (Å²) >= 11 is 0. The zero-order chi connectivity index (χ0) is 44.5. The van der Waals surface area contributed by atoms with E-state index in [-0.39, 0.29) is 24.9 Å². The van der Waals surface area contributed by atoms with Crippen molar-refractivity contribution < 1.29 is 24.5 Å². The molecule has 0 bridgehead atoms. The number of hydrogen-bond acceptors (Lipinski definition) is 5. The highest BCUT2D eigenvalue weighted by atomic mass is 16.5. The first-order chi connectivity index (χ1) is 30.0. The number of esters is 1. The second-order valence-corrected chi connectivity index (χ2v) is 17.2. The van der Waals surface area contributed by atoms with E-state index >= 15 is 0 Å². The summed E-state index contributed by atoms with van der Waals surface area (Å²) in [5, 5.41) is 23.7. The molecular formula is C55H97NO5. The summed E-state index contributed by atoms with van der Waals surface area (Å²) in [5.41, 5.74) is 0. The maximum absolute atomic E-state index is 13.2. The first-order valence-corrected chi connectivity index (χ1v) is 25.7. The lowest BCUT2D eigenvalue weighted by Crippen LogP contribution is -2.46. The topological polar surface area (TPSA) is 95.9 Å². The molecular weight excluding hydrogens is 755 g/mol. The highest BCUT2D eigenvalue weighted by Gasteiger charge is 2.23. The molecule has 1 amide bonds. The fourth-order valence-electron chi connectivity index (χ4n) is 7.37. The van der Waals surface area contributed by atoms with E-state index in [1.807, 2.05) is 12.2 Å². The smallest absolute Gasteiger partial charge is 0.306 e. The van der Waals surface area contributed by atoms with Gasteiger partial charge in [0.05, 0.1) is 25.2 Å². The van der Waals surface area contributed by atoms with Gasteiger partial charge >= 0.3 is 5.97 Å². The molecule has 0 aliphatic rings. The Morgan fingerprint density at radius 1 is 0.508 bits per heavy atom. The summed E-state index contributed by atoms with van der Waals surface area (Å²) < 4.78 is 5.85. The van der Waals surface area contributed by atoms with Gasteiger partial charge in [0.15, 0.2) is 0 Å². The number of aliphatic hydroxyl groups excluding tert-OH is 2. The molecule has 61 heavy (non-hydrogen) atoms. The van der Waals surface area contributed by atoms with Crippen LogP contribution in [0.2, 0.25) is 0 Å². The average molecular weight is 852 g/mol. The van der Waals surface area contributed by atoms with Crippen molar-refractivity contribution in [3.63, 3.8) is 0 Å². The minimum atomic E-state index is -0.815. The lowest BCUT2D eigenvalue weighted by atomic mass is 10.0. The van der Waals surface area contributed by atoms with Crippen molar-refractivity contribution in [2.24, 2.45) is 0 Å². The van der Waals surface area contributed by atoms with Crippen LogP contribution in [-0.4, -0.2) is 46.9 Å². The summed E-state index contributed by atoms with van der Waals surface area (Å²) in [6.45, 7) is 6.30. The van der Waals surface area contributed by atoms with Crippen molar-refractivity contribution >= 4 is 11.9 Å². The van der Waals surface area contributed by atoms with Crippen LogP contribution in [0.25, 0.3) is 0 Å². The minimum Gasteiger partial charge on any atom is -0.461 e. The molecule has 0 fully saturated rings. The quantitative estimate of drug-likeness (QED) is 0.0322. The molecule has 3 unspecified atom stereocenters. The predicted molar refractivity (Wildman–Crippen MR) is 264 cm³/mol. The highest BCUT2D eigenvalue weighted by Crippen LogP contribution is 2.16. The van der Waals surface area contributed by atoms with Crippen LogP contribution in [0.5, 0.6) is 0 Å². The Hall–Kier alpha value is -2.70. The number of amides is 1. The fraction of sp³-hybridized carbons (Fsp3) is 0.745. The first kappa shape index (κ1) is 58.3. The SMILES string of the molecule is CC/C=C\C/C=C\C/C=C\C/C=C\C/C=C\CC(CC(=O)NC(CO)C(O)CCCCCCCCCCCCCCCCCC)OC(=O)CCCCCCC/C=C\CCCC. The maximum atomic E-state index is 13.2. The molecule has 3 atom stereocenters. The number of hydrogen-bond donors (Lipinski definition) is 3. The van der Waals surface area contributed by atoms with Crippen molar-refractivity contribution in [1.82, 2.24) is 5.32 Å². The largest absolute Gasteiger partial charge is 0.461 e. The molecule has 0 heterocycles. The molecule has 0 aromatic rings. The third-order valence-electron chi connectivity index (χ3n) is 11.3. The van der Waals surface area contributed by atoms with Gasteiger partial charge in [-0.1, -0.05) is 229 Å². The molecule has 0 aromatic heterocycles. The molecule has 6 heteroatoms. The summed E-state index contributed by atoms with van der Waals surface area (Å²) in [6.07, 6.45) is 61.2. The molecule has 0 saturated heterocycles. The Labute approximate surface area is 377 Å². The van der Waals surface area contributed by atoms with Crippen molar-refractivity contribution in [2.75, 3.05) is 6.61 Å². The lowest BCUT2D eigenvalue weighted by Gasteiger charge is -2.24. The van der Waals surface area contributed by atoms with Crippen molar-refractivity contribution in [2.45, 2.75) is 257 Å². The van der Waals surface area contributed by atoms with Crippen LogP contribution in [-0.2, 0) is 14.3 Å². The van der Waals surface area contributed by atoms with Gasteiger partial charge in [-0.15, -0.1) is 0 Å². The van der Waals surface area contributed by atoms with Gasteiger partial charge in [0.25, 0.3) is 0 Å². The Bertz CT molecular complexity index is 1140. The number of unbranched alkanes of at least 4 members (excludes halogenated alkanes) is 22. The third kappa shape index (κ3) is 43.7. The number of aliphatic hydroxyl groups is 2. The molecule has 0 radical (unpaired) electrons. The Morgan fingerprint density at radius 2 is 0.934 bits per heavy atom. The molecule has 0 aliphatic heterocycles. The number of rotatable bonds is 45. The van der Waals surface area contributed by atoms with E-state index in [1.54, 1.807) is 0 Å². The van der Waals surface area contributed by atoms with E-state index in [4.69, 9.17) is 4.74 Å². The summed E-state index contributed by atoms with van der Waals surface area (Å²) in [7, 11) is 0. The Kier molecular flexibility index (Phi) is 46.2. The minimum absolute atomic E-state index is 0.00586. The number of ether oxygens (including phenoxy) is 1. The molecule has 352 valence electrons. The van der Waals surface area contributed by atoms with Crippen molar-refractivity contribution in [1.29, 1.82) is 0 Å². The van der Waals surface area contributed by atoms with Gasteiger partial charge in [0, 0.05) is 12.8 Å². The second-order valence-electron chi connectivity index (χ2n) is 17.2. The predicted octanol–water partition coefficient (Wildman–Crippen LogP) is 15.4. The standard InChI is InChI=1S/C55H97NO5/c1-4-7-10-13-16-19-22-24-26-28-30-33-35-38-41-44-47-53(58)52(50-57)56-54(59)49-51(61-55(60)48-45-42-39-36-31-21-18-15-12-9-6-3)46-43-40-37-34-32-29-27-25-23-20-17-14-11-8-5-2/h8,11,15,17-18,20,25,27,32,34,40,43,51-53,57-58H,4-7,9-10,12-14,16,19,21-24,26,28-31,33,35-39,41-42,44-50H2,1-3H3,(H,56,59)/b11-8-,18-15-,20-17-,27-25-,34-32-,43-40-. The van der Waals surface area contributed by atoms with Crippen LogP contribution in [0.4, 0.5) is 0 Å². The molecule has 6 nitrogen and oxygen atoms in total. The van der Waals surface area contributed by atoms with Crippen LogP contribution in [0.3, 0.4) is 0 Å². The van der Waals surface area contributed by atoms with E-state index in [1.165, 1.54) is 109 Å². The van der Waals surface area contributed by atoms with E-state index in [0.29, 0.717) is 19.3 Å². The summed E-state index contributed by atoms with van der Waals surface area (Å²) in [5.74, 6) is -0.592. The van der Waals surface area contributed by atoms with Crippen LogP contribution < -0.4 is 5.32 Å². The number of allylic oxidation sites excluding steroid dienone is 11. The van der Waals surface area contributed by atoms with Gasteiger partial charge < -0.3 is 20.3 Å². The first-order valence-electron chi connectivity index (χ1n) is 25.7. The van der Waals surface area contributed by atoms with E-state index < -0.39 is 18.2 Å². The van der Waals surface area contributed by atoms with Gasteiger partial charge in [-0.05, 0) is 64.2 Å². The Morgan fingerprint density at radius 3 is 1.43 bits per heavy atom. The van der Waals surface area contributed by atoms with Gasteiger partial charge in [0.2, 0.25) is 5.91 Å². The van der Waals surface area contributed by atoms with Gasteiger partial charge in [-0.2, -0.15) is 0 Å². The number of nitrogens with one attached hydrogen (secondary N) is 1. The van der Waals surface area contributed by atoms with E-state index in [2.05, 4.69) is 86.8 Å². The monoisotopic (exact) mass is 852 g/mol. The van der Waals surface area contributed by atoms with Gasteiger partial charge in [0.1, 0.15) is 6.10 Å². The fourth-order valence-corrected chi connectivity index (χ4v) is 7.37. The van der Waals surface area contributed by atoms with E-state index in [0.717, 1.165) is 83.5 Å². The van der Waals surface area contributed by atoms with Crippen LogP contribution in [0, 0.1) is 0 Å². The molecule has 0 aromatic carbocycles. The van der Waals surface area contributed by atoms with E-state index in [9.17, 15) is 19.8 Å². The van der Waals surface area contributed by atoms with Crippen molar-refractivity contribution in [3.05, 3.63) is 72.9 Å². The average Bonchev–Trinajstić information content (AvgIpc) is 3.25. The normalized spacial score (nSPS) is 13.9. The van der Waals surface area contributed by atoms with Crippen molar-refractivity contribution in [3.8, 4) is 0 Å². The van der Waals surface area contributed by atoms with Crippen LogP contribution in [0.15, 0.2) is 72.9 Å². The third-order valence-corrected chi connectivity index (χ3v) is 11.3. The summed E-state index contributed by atoms with van der Waals surface area (Å²) in [4.78, 5) is 26.1.